The van der Waals surface area contributed by atoms with Gasteiger partial charge in [0.1, 0.15) is 11.9 Å². The summed E-state index contributed by atoms with van der Waals surface area (Å²) in [6.45, 7) is 12.2. The van der Waals surface area contributed by atoms with E-state index in [1.54, 1.807) is 0 Å². The highest BCUT2D eigenvalue weighted by Gasteiger charge is 2.20. The van der Waals surface area contributed by atoms with Gasteiger partial charge in [-0.1, -0.05) is 25.1 Å². The van der Waals surface area contributed by atoms with Crippen LogP contribution in [0.2, 0.25) is 0 Å². The molecule has 1 atom stereocenters. The Labute approximate surface area is 185 Å². The summed E-state index contributed by atoms with van der Waals surface area (Å²) in [5, 5.41) is 14.3. The predicted octanol–water partition coefficient (Wildman–Crippen LogP) is 5.67. The Bertz CT molecular complexity index is 1030. The molecule has 0 bridgehead atoms. The number of anilines is 1. The molecule has 1 saturated heterocycles. The number of aryl methyl sites for hydroxylation is 1. The van der Waals surface area contributed by atoms with Gasteiger partial charge in [0.05, 0.1) is 12.2 Å². The minimum Gasteiger partial charge on any atom is -0.490 e. The maximum absolute atomic E-state index is 6.37. The number of hydrogen-bond acceptors (Lipinski definition) is 5. The molecule has 0 unspecified atom stereocenters. The summed E-state index contributed by atoms with van der Waals surface area (Å²) in [5.41, 5.74) is 3.90. The molecular weight excluding hydrogens is 384 g/mol. The largest absolute Gasteiger partial charge is 0.490 e. The van der Waals surface area contributed by atoms with Crippen LogP contribution in [-0.4, -0.2) is 40.8 Å². The second-order valence-electron chi connectivity index (χ2n) is 8.76. The van der Waals surface area contributed by atoms with Gasteiger partial charge in [-0.3, -0.25) is 0 Å². The van der Waals surface area contributed by atoms with Crippen LogP contribution >= 0.6 is 0 Å². The molecule has 2 heterocycles. The van der Waals surface area contributed by atoms with E-state index >= 15 is 0 Å². The summed E-state index contributed by atoms with van der Waals surface area (Å²) < 4.78 is 6.37. The summed E-state index contributed by atoms with van der Waals surface area (Å²) >= 11 is 0. The number of rotatable bonds is 7. The van der Waals surface area contributed by atoms with Crippen molar-refractivity contribution >= 4 is 16.6 Å². The summed E-state index contributed by atoms with van der Waals surface area (Å²) in [6, 6.07) is 12.8. The molecular formula is C26H34N4O. The zero-order valence-corrected chi connectivity index (χ0v) is 19.2. The SMILES string of the molecule is CCCN1CCC(Oc2ccc3cnnc(N[C@H](C)c4cccc(C)c4C)c3c2)CC1. The van der Waals surface area contributed by atoms with E-state index in [2.05, 4.69) is 84.5 Å². The quantitative estimate of drug-likeness (QED) is 0.535. The molecule has 0 saturated carbocycles. The van der Waals surface area contributed by atoms with Crippen molar-refractivity contribution in [3.05, 3.63) is 59.3 Å². The van der Waals surface area contributed by atoms with Gasteiger partial charge in [0, 0.05) is 23.9 Å². The van der Waals surface area contributed by atoms with Crippen LogP contribution in [0.15, 0.2) is 42.6 Å². The van der Waals surface area contributed by atoms with Crippen LogP contribution in [0.25, 0.3) is 10.8 Å². The molecule has 5 heteroatoms. The Balaban J connectivity index is 1.52. The number of likely N-dealkylation sites (tertiary alicyclic amines) is 1. The fourth-order valence-electron chi connectivity index (χ4n) is 4.52. The van der Waals surface area contributed by atoms with Gasteiger partial charge in [0.2, 0.25) is 0 Å². The monoisotopic (exact) mass is 418 g/mol. The van der Waals surface area contributed by atoms with Crippen molar-refractivity contribution in [1.82, 2.24) is 15.1 Å². The lowest BCUT2D eigenvalue weighted by Crippen LogP contribution is -2.38. The fourth-order valence-corrected chi connectivity index (χ4v) is 4.52. The number of piperidine rings is 1. The first-order valence-electron chi connectivity index (χ1n) is 11.5. The van der Waals surface area contributed by atoms with Crippen LogP contribution in [0.4, 0.5) is 5.82 Å². The summed E-state index contributed by atoms with van der Waals surface area (Å²) in [6.07, 6.45) is 5.48. The molecule has 1 aromatic heterocycles. The first-order chi connectivity index (χ1) is 15.0. The molecule has 31 heavy (non-hydrogen) atoms. The molecule has 1 aliphatic rings. The summed E-state index contributed by atoms with van der Waals surface area (Å²) in [4.78, 5) is 2.53. The minimum absolute atomic E-state index is 0.132. The van der Waals surface area contributed by atoms with E-state index in [1.807, 2.05) is 6.20 Å². The molecule has 2 aromatic carbocycles. The molecule has 164 valence electrons. The van der Waals surface area contributed by atoms with Gasteiger partial charge in [-0.05, 0) is 81.5 Å². The van der Waals surface area contributed by atoms with Gasteiger partial charge < -0.3 is 15.0 Å². The highest BCUT2D eigenvalue weighted by Crippen LogP contribution is 2.30. The van der Waals surface area contributed by atoms with E-state index in [-0.39, 0.29) is 12.1 Å². The number of hydrogen-bond donors (Lipinski definition) is 1. The topological polar surface area (TPSA) is 50.3 Å². The van der Waals surface area contributed by atoms with Crippen LogP contribution < -0.4 is 10.1 Å². The third-order valence-electron chi connectivity index (χ3n) is 6.48. The van der Waals surface area contributed by atoms with Crippen LogP contribution in [0, 0.1) is 13.8 Å². The van der Waals surface area contributed by atoms with Crippen molar-refractivity contribution in [2.24, 2.45) is 0 Å². The molecule has 0 radical (unpaired) electrons. The van der Waals surface area contributed by atoms with Crippen LogP contribution in [-0.2, 0) is 0 Å². The predicted molar refractivity (Wildman–Crippen MR) is 128 cm³/mol. The maximum atomic E-state index is 6.37. The molecule has 0 aliphatic carbocycles. The third kappa shape index (κ3) is 4.99. The lowest BCUT2D eigenvalue weighted by atomic mass is 9.98. The van der Waals surface area contributed by atoms with Crippen molar-refractivity contribution in [3.63, 3.8) is 0 Å². The number of benzene rings is 2. The smallest absolute Gasteiger partial charge is 0.157 e. The Kier molecular flexibility index (Phi) is 6.71. The zero-order valence-electron chi connectivity index (χ0n) is 19.2. The van der Waals surface area contributed by atoms with E-state index in [4.69, 9.17) is 4.74 Å². The maximum Gasteiger partial charge on any atom is 0.157 e. The highest BCUT2D eigenvalue weighted by molar-refractivity contribution is 5.92. The Hall–Kier alpha value is -2.66. The van der Waals surface area contributed by atoms with E-state index < -0.39 is 0 Å². The first kappa shape index (κ1) is 21.6. The van der Waals surface area contributed by atoms with E-state index in [9.17, 15) is 0 Å². The van der Waals surface area contributed by atoms with Crippen molar-refractivity contribution < 1.29 is 4.74 Å². The van der Waals surface area contributed by atoms with E-state index in [0.717, 1.165) is 48.3 Å². The second kappa shape index (κ2) is 9.65. The lowest BCUT2D eigenvalue weighted by Gasteiger charge is -2.31. The van der Waals surface area contributed by atoms with E-state index in [0.29, 0.717) is 0 Å². The molecule has 0 amide bonds. The Morgan fingerprint density at radius 2 is 1.97 bits per heavy atom. The van der Waals surface area contributed by atoms with Gasteiger partial charge in [-0.25, -0.2) is 0 Å². The number of ether oxygens (including phenoxy) is 1. The Morgan fingerprint density at radius 1 is 1.16 bits per heavy atom. The molecule has 0 spiro atoms. The average molecular weight is 419 g/mol. The zero-order chi connectivity index (χ0) is 21.8. The fraction of sp³-hybridized carbons (Fsp3) is 0.462. The van der Waals surface area contributed by atoms with Crippen molar-refractivity contribution in [3.8, 4) is 5.75 Å². The van der Waals surface area contributed by atoms with Gasteiger partial charge in [0.25, 0.3) is 0 Å². The summed E-state index contributed by atoms with van der Waals surface area (Å²) in [5.74, 6) is 1.71. The molecule has 3 aromatic rings. The third-order valence-corrected chi connectivity index (χ3v) is 6.48. The number of aromatic nitrogens is 2. The molecule has 1 N–H and O–H groups in total. The molecule has 5 nitrogen and oxygen atoms in total. The van der Waals surface area contributed by atoms with Gasteiger partial charge in [-0.15, -0.1) is 5.10 Å². The standard InChI is InChI=1S/C26H34N4O/c1-5-13-30-14-11-22(12-15-30)31-23-10-9-21-17-27-29-26(25(21)16-23)28-20(4)24-8-6-7-18(2)19(24)3/h6-10,16-17,20,22H,5,11-15H2,1-4H3,(H,28,29)/t20-/m1/s1. The number of nitrogens with one attached hydrogen (secondary N) is 1. The van der Waals surface area contributed by atoms with E-state index in [1.165, 1.54) is 29.7 Å². The van der Waals surface area contributed by atoms with Crippen molar-refractivity contribution in [1.29, 1.82) is 0 Å². The van der Waals surface area contributed by atoms with Crippen LogP contribution in [0.1, 0.15) is 55.8 Å². The molecule has 1 fully saturated rings. The molecule has 1 aliphatic heterocycles. The first-order valence-corrected chi connectivity index (χ1v) is 11.5. The van der Waals surface area contributed by atoms with Crippen molar-refractivity contribution in [2.45, 2.75) is 59.1 Å². The highest BCUT2D eigenvalue weighted by atomic mass is 16.5. The second-order valence-corrected chi connectivity index (χ2v) is 8.76. The Morgan fingerprint density at radius 3 is 2.74 bits per heavy atom. The van der Waals surface area contributed by atoms with Gasteiger partial charge in [-0.2, -0.15) is 5.10 Å². The minimum atomic E-state index is 0.132. The van der Waals surface area contributed by atoms with Crippen LogP contribution in [0.3, 0.4) is 0 Å². The summed E-state index contributed by atoms with van der Waals surface area (Å²) in [7, 11) is 0. The average Bonchev–Trinajstić information content (AvgIpc) is 2.77. The van der Waals surface area contributed by atoms with Gasteiger partial charge >= 0.3 is 0 Å². The van der Waals surface area contributed by atoms with Crippen LogP contribution in [0.5, 0.6) is 5.75 Å². The number of fused-ring (bicyclic) bond motifs is 1. The van der Waals surface area contributed by atoms with Crippen molar-refractivity contribution in [2.75, 3.05) is 25.0 Å². The lowest BCUT2D eigenvalue weighted by molar-refractivity contribution is 0.101. The number of nitrogens with zero attached hydrogens (tertiary/aromatic N) is 3. The van der Waals surface area contributed by atoms with Gasteiger partial charge in [0.15, 0.2) is 5.82 Å². The molecule has 4 rings (SSSR count). The normalized spacial score (nSPS) is 16.4.